The quantitative estimate of drug-likeness (QED) is 0.732. The van der Waals surface area contributed by atoms with Crippen LogP contribution in [0.2, 0.25) is 5.02 Å². The zero-order chi connectivity index (χ0) is 9.84. The second-order valence-corrected chi connectivity index (χ2v) is 3.36. The molecule has 1 unspecified atom stereocenters. The summed E-state index contributed by atoms with van der Waals surface area (Å²) in [5.74, 6) is -0.151. The Morgan fingerprint density at radius 2 is 2.00 bits per heavy atom. The highest BCUT2D eigenvalue weighted by atomic mass is 35.5. The standard InChI is InChI=1S/C10H10ClFO/c1-7(13)6-10(12)8-2-4-9(11)5-3-8/h2-5,10H,6H2,1H3. The van der Waals surface area contributed by atoms with Crippen LogP contribution in [0.4, 0.5) is 4.39 Å². The fourth-order valence-corrected chi connectivity index (χ4v) is 1.17. The third-order valence-corrected chi connectivity index (χ3v) is 1.95. The fourth-order valence-electron chi connectivity index (χ4n) is 1.04. The van der Waals surface area contributed by atoms with E-state index in [0.29, 0.717) is 10.6 Å². The summed E-state index contributed by atoms with van der Waals surface area (Å²) in [4.78, 5) is 10.6. The van der Waals surface area contributed by atoms with E-state index in [1.165, 1.54) is 6.92 Å². The molecular formula is C10H10ClFO. The Morgan fingerprint density at radius 3 is 2.46 bits per heavy atom. The largest absolute Gasteiger partial charge is 0.300 e. The van der Waals surface area contributed by atoms with Crippen molar-refractivity contribution in [2.24, 2.45) is 0 Å². The van der Waals surface area contributed by atoms with Gasteiger partial charge in [0.05, 0.1) is 0 Å². The molecule has 0 fully saturated rings. The van der Waals surface area contributed by atoms with Gasteiger partial charge in [-0.15, -0.1) is 0 Å². The first-order chi connectivity index (χ1) is 6.09. The Labute approximate surface area is 81.5 Å². The molecule has 13 heavy (non-hydrogen) atoms. The summed E-state index contributed by atoms with van der Waals surface area (Å²) in [6.45, 7) is 1.38. The van der Waals surface area contributed by atoms with Crippen molar-refractivity contribution in [1.82, 2.24) is 0 Å². The van der Waals surface area contributed by atoms with Gasteiger partial charge in [0.2, 0.25) is 0 Å². The molecule has 1 atom stereocenters. The van der Waals surface area contributed by atoms with Crippen molar-refractivity contribution in [2.75, 3.05) is 0 Å². The van der Waals surface area contributed by atoms with E-state index in [4.69, 9.17) is 11.6 Å². The van der Waals surface area contributed by atoms with E-state index in [1.807, 2.05) is 0 Å². The summed E-state index contributed by atoms with van der Waals surface area (Å²) in [5, 5.41) is 0.568. The summed E-state index contributed by atoms with van der Waals surface area (Å²) in [6, 6.07) is 6.42. The number of alkyl halides is 1. The van der Waals surface area contributed by atoms with Crippen molar-refractivity contribution < 1.29 is 9.18 Å². The number of Topliss-reactive ketones (excluding diaryl/α,β-unsaturated/α-hetero) is 1. The SMILES string of the molecule is CC(=O)CC(F)c1ccc(Cl)cc1. The molecule has 0 aromatic heterocycles. The maximum absolute atomic E-state index is 13.3. The molecule has 1 rings (SSSR count). The molecule has 1 aromatic rings. The summed E-state index contributed by atoms with van der Waals surface area (Å²) in [5.41, 5.74) is 0.500. The van der Waals surface area contributed by atoms with Crippen LogP contribution in [0.3, 0.4) is 0 Å². The fraction of sp³-hybridized carbons (Fsp3) is 0.300. The lowest BCUT2D eigenvalue weighted by molar-refractivity contribution is -0.118. The van der Waals surface area contributed by atoms with Gasteiger partial charge in [-0.1, -0.05) is 23.7 Å². The van der Waals surface area contributed by atoms with Gasteiger partial charge in [-0.25, -0.2) is 4.39 Å². The number of rotatable bonds is 3. The van der Waals surface area contributed by atoms with Crippen LogP contribution in [0.1, 0.15) is 25.1 Å². The van der Waals surface area contributed by atoms with E-state index < -0.39 is 6.17 Å². The second-order valence-electron chi connectivity index (χ2n) is 2.93. The third kappa shape index (κ3) is 3.15. The van der Waals surface area contributed by atoms with Crippen LogP contribution in [-0.2, 0) is 4.79 Å². The number of carbonyl (C=O) groups excluding carboxylic acids is 1. The molecule has 70 valence electrons. The Balaban J connectivity index is 2.71. The van der Waals surface area contributed by atoms with Gasteiger partial charge >= 0.3 is 0 Å². The van der Waals surface area contributed by atoms with Crippen LogP contribution in [0.5, 0.6) is 0 Å². The van der Waals surface area contributed by atoms with Crippen LogP contribution in [0.15, 0.2) is 24.3 Å². The van der Waals surface area contributed by atoms with Crippen molar-refractivity contribution in [1.29, 1.82) is 0 Å². The molecule has 0 aliphatic rings. The van der Waals surface area contributed by atoms with Crippen LogP contribution < -0.4 is 0 Å². The third-order valence-electron chi connectivity index (χ3n) is 1.70. The molecule has 0 radical (unpaired) electrons. The first-order valence-electron chi connectivity index (χ1n) is 3.98. The average Bonchev–Trinajstić information content (AvgIpc) is 2.04. The highest BCUT2D eigenvalue weighted by molar-refractivity contribution is 6.30. The van der Waals surface area contributed by atoms with E-state index in [2.05, 4.69) is 0 Å². The zero-order valence-corrected chi connectivity index (χ0v) is 8.01. The van der Waals surface area contributed by atoms with E-state index >= 15 is 0 Å². The van der Waals surface area contributed by atoms with Crippen LogP contribution >= 0.6 is 11.6 Å². The lowest BCUT2D eigenvalue weighted by atomic mass is 10.1. The molecule has 0 heterocycles. The molecule has 0 spiro atoms. The van der Waals surface area contributed by atoms with Crippen LogP contribution in [-0.4, -0.2) is 5.78 Å². The lowest BCUT2D eigenvalue weighted by Crippen LogP contribution is -1.98. The maximum Gasteiger partial charge on any atom is 0.133 e. The van der Waals surface area contributed by atoms with Crippen molar-refractivity contribution in [3.05, 3.63) is 34.9 Å². The highest BCUT2D eigenvalue weighted by Crippen LogP contribution is 2.22. The summed E-state index contributed by atoms with van der Waals surface area (Å²) < 4.78 is 13.3. The normalized spacial score (nSPS) is 12.5. The van der Waals surface area contributed by atoms with Gasteiger partial charge in [-0.05, 0) is 24.6 Å². The Hall–Kier alpha value is -0.890. The van der Waals surface area contributed by atoms with Gasteiger partial charge in [0.25, 0.3) is 0 Å². The predicted octanol–water partition coefficient (Wildman–Crippen LogP) is 3.33. The number of hydrogen-bond donors (Lipinski definition) is 0. The zero-order valence-electron chi connectivity index (χ0n) is 7.26. The number of hydrogen-bond acceptors (Lipinski definition) is 1. The summed E-state index contributed by atoms with van der Waals surface area (Å²) >= 11 is 5.63. The average molecular weight is 201 g/mol. The minimum atomic E-state index is -1.21. The maximum atomic E-state index is 13.3. The molecule has 3 heteroatoms. The van der Waals surface area contributed by atoms with E-state index in [-0.39, 0.29) is 12.2 Å². The first-order valence-corrected chi connectivity index (χ1v) is 4.36. The minimum absolute atomic E-state index is 0.0678. The predicted molar refractivity (Wildman–Crippen MR) is 50.6 cm³/mol. The number of halogens is 2. The highest BCUT2D eigenvalue weighted by Gasteiger charge is 2.11. The second kappa shape index (κ2) is 4.38. The van der Waals surface area contributed by atoms with Gasteiger partial charge in [-0.3, -0.25) is 4.79 Å². The van der Waals surface area contributed by atoms with Crippen LogP contribution in [0.25, 0.3) is 0 Å². The van der Waals surface area contributed by atoms with Gasteiger partial charge in [0.1, 0.15) is 12.0 Å². The topological polar surface area (TPSA) is 17.1 Å². The first kappa shape index (κ1) is 10.2. The molecule has 0 aliphatic heterocycles. The lowest BCUT2D eigenvalue weighted by Gasteiger charge is -2.05. The number of benzene rings is 1. The molecule has 0 saturated heterocycles. The molecule has 0 amide bonds. The van der Waals surface area contributed by atoms with Gasteiger partial charge in [0, 0.05) is 11.4 Å². The van der Waals surface area contributed by atoms with Crippen molar-refractivity contribution in [2.45, 2.75) is 19.5 Å². The monoisotopic (exact) mass is 200 g/mol. The molecule has 0 saturated carbocycles. The minimum Gasteiger partial charge on any atom is -0.300 e. The molecule has 1 aromatic carbocycles. The molecule has 0 aliphatic carbocycles. The Kier molecular flexibility index (Phi) is 3.43. The number of ketones is 1. The summed E-state index contributed by atoms with van der Waals surface area (Å²) in [7, 11) is 0. The Morgan fingerprint density at radius 1 is 1.46 bits per heavy atom. The number of carbonyl (C=O) groups is 1. The van der Waals surface area contributed by atoms with Crippen molar-refractivity contribution in [3.63, 3.8) is 0 Å². The van der Waals surface area contributed by atoms with E-state index in [9.17, 15) is 9.18 Å². The molecule has 0 N–H and O–H groups in total. The van der Waals surface area contributed by atoms with Gasteiger partial charge in [-0.2, -0.15) is 0 Å². The van der Waals surface area contributed by atoms with E-state index in [0.717, 1.165) is 0 Å². The smallest absolute Gasteiger partial charge is 0.133 e. The van der Waals surface area contributed by atoms with E-state index in [1.54, 1.807) is 24.3 Å². The Bertz CT molecular complexity index is 294. The van der Waals surface area contributed by atoms with Crippen molar-refractivity contribution in [3.8, 4) is 0 Å². The van der Waals surface area contributed by atoms with Crippen LogP contribution in [0, 0.1) is 0 Å². The molecule has 1 nitrogen and oxygen atoms in total. The molecule has 0 bridgehead atoms. The van der Waals surface area contributed by atoms with Gasteiger partial charge < -0.3 is 0 Å². The summed E-state index contributed by atoms with van der Waals surface area (Å²) in [6.07, 6.45) is -1.28. The molecular weight excluding hydrogens is 191 g/mol. The van der Waals surface area contributed by atoms with Crippen molar-refractivity contribution >= 4 is 17.4 Å². The van der Waals surface area contributed by atoms with Gasteiger partial charge in [0.15, 0.2) is 0 Å².